The molecule has 0 unspecified atom stereocenters. The molecular weight excluding hydrogens is 295 g/mol. The Morgan fingerprint density at radius 1 is 1.35 bits per heavy atom. The molecule has 0 saturated carbocycles. The minimum atomic E-state index is -0.203. The molecule has 1 N–H and O–H groups in total. The monoisotopic (exact) mass is 320 g/mol. The SMILES string of the molecule is O=C(NC[C@@H]1CCCO1)[C@@H]1CCCN(Cc2cccc(F)c2)C1. The lowest BCUT2D eigenvalue weighted by atomic mass is 9.96. The quantitative estimate of drug-likeness (QED) is 0.905. The zero-order valence-corrected chi connectivity index (χ0v) is 13.5. The van der Waals surface area contributed by atoms with Crippen molar-refractivity contribution >= 4 is 5.91 Å². The number of likely N-dealkylation sites (tertiary alicyclic amines) is 1. The molecule has 0 aliphatic carbocycles. The number of carbonyl (C=O) groups is 1. The van der Waals surface area contributed by atoms with E-state index in [2.05, 4.69) is 10.2 Å². The molecule has 2 atom stereocenters. The highest BCUT2D eigenvalue weighted by Crippen LogP contribution is 2.19. The summed E-state index contributed by atoms with van der Waals surface area (Å²) >= 11 is 0. The fraction of sp³-hybridized carbons (Fsp3) is 0.611. The van der Waals surface area contributed by atoms with Gasteiger partial charge in [-0.2, -0.15) is 0 Å². The summed E-state index contributed by atoms with van der Waals surface area (Å²) in [6, 6.07) is 6.70. The molecule has 0 radical (unpaired) electrons. The maximum Gasteiger partial charge on any atom is 0.224 e. The third-order valence-corrected chi connectivity index (χ3v) is 4.70. The molecular formula is C18H25FN2O2. The highest BCUT2D eigenvalue weighted by Gasteiger charge is 2.26. The molecule has 0 bridgehead atoms. The summed E-state index contributed by atoms with van der Waals surface area (Å²) in [5.41, 5.74) is 0.963. The highest BCUT2D eigenvalue weighted by molar-refractivity contribution is 5.79. The van der Waals surface area contributed by atoms with Gasteiger partial charge in [-0.15, -0.1) is 0 Å². The first kappa shape index (κ1) is 16.4. The predicted octanol–water partition coefficient (Wildman–Crippen LogP) is 2.33. The number of rotatable bonds is 5. The van der Waals surface area contributed by atoms with Crippen molar-refractivity contribution in [3.63, 3.8) is 0 Å². The summed E-state index contributed by atoms with van der Waals surface area (Å²) in [5.74, 6) is -0.0477. The van der Waals surface area contributed by atoms with E-state index in [0.717, 1.165) is 50.9 Å². The van der Waals surface area contributed by atoms with Crippen LogP contribution in [0.3, 0.4) is 0 Å². The minimum Gasteiger partial charge on any atom is -0.376 e. The zero-order valence-electron chi connectivity index (χ0n) is 13.5. The minimum absolute atomic E-state index is 0.0266. The van der Waals surface area contributed by atoms with Gasteiger partial charge in [0.05, 0.1) is 12.0 Å². The third-order valence-electron chi connectivity index (χ3n) is 4.70. The lowest BCUT2D eigenvalue weighted by Gasteiger charge is -2.32. The fourth-order valence-corrected chi connectivity index (χ4v) is 3.47. The zero-order chi connectivity index (χ0) is 16.1. The van der Waals surface area contributed by atoms with Gasteiger partial charge in [-0.1, -0.05) is 12.1 Å². The van der Waals surface area contributed by atoms with Crippen molar-refractivity contribution in [2.45, 2.75) is 38.3 Å². The predicted molar refractivity (Wildman–Crippen MR) is 86.4 cm³/mol. The Balaban J connectivity index is 1.48. The average Bonchev–Trinajstić information content (AvgIpc) is 3.06. The summed E-state index contributed by atoms with van der Waals surface area (Å²) in [4.78, 5) is 14.6. The van der Waals surface area contributed by atoms with Gasteiger partial charge in [0.25, 0.3) is 0 Å². The highest BCUT2D eigenvalue weighted by atomic mass is 19.1. The number of nitrogens with zero attached hydrogens (tertiary/aromatic N) is 1. The van der Waals surface area contributed by atoms with Gasteiger partial charge in [-0.05, 0) is 49.9 Å². The van der Waals surface area contributed by atoms with Crippen LogP contribution in [0.25, 0.3) is 0 Å². The summed E-state index contributed by atoms with van der Waals surface area (Å²) in [6.45, 7) is 3.85. The van der Waals surface area contributed by atoms with Gasteiger partial charge in [0.1, 0.15) is 5.82 Å². The van der Waals surface area contributed by atoms with E-state index in [4.69, 9.17) is 4.74 Å². The normalized spacial score (nSPS) is 25.4. The van der Waals surface area contributed by atoms with Crippen LogP contribution in [0, 0.1) is 11.7 Å². The van der Waals surface area contributed by atoms with Crippen molar-refractivity contribution in [3.05, 3.63) is 35.6 Å². The van der Waals surface area contributed by atoms with Crippen LogP contribution >= 0.6 is 0 Å². The first-order valence-electron chi connectivity index (χ1n) is 8.57. The number of piperidine rings is 1. The molecule has 1 aromatic rings. The molecule has 1 aromatic carbocycles. The maximum atomic E-state index is 13.3. The Kier molecular flexibility index (Phi) is 5.62. The van der Waals surface area contributed by atoms with Crippen LogP contribution in [0.15, 0.2) is 24.3 Å². The van der Waals surface area contributed by atoms with E-state index in [-0.39, 0.29) is 23.7 Å². The van der Waals surface area contributed by atoms with Crippen LogP contribution in [-0.2, 0) is 16.1 Å². The van der Waals surface area contributed by atoms with Crippen LogP contribution in [0.1, 0.15) is 31.2 Å². The Morgan fingerprint density at radius 2 is 2.26 bits per heavy atom. The van der Waals surface area contributed by atoms with E-state index >= 15 is 0 Å². The molecule has 2 aliphatic rings. The van der Waals surface area contributed by atoms with E-state index in [1.807, 2.05) is 6.07 Å². The summed E-state index contributed by atoms with van der Waals surface area (Å²) in [5, 5.41) is 3.04. The lowest BCUT2D eigenvalue weighted by Crippen LogP contribution is -2.44. The van der Waals surface area contributed by atoms with Gasteiger partial charge in [0.15, 0.2) is 0 Å². The van der Waals surface area contributed by atoms with Crippen molar-refractivity contribution < 1.29 is 13.9 Å². The van der Waals surface area contributed by atoms with Crippen molar-refractivity contribution in [1.82, 2.24) is 10.2 Å². The van der Waals surface area contributed by atoms with Gasteiger partial charge in [-0.3, -0.25) is 9.69 Å². The molecule has 0 aromatic heterocycles. The number of benzene rings is 1. The molecule has 3 rings (SSSR count). The Bertz CT molecular complexity index is 532. The average molecular weight is 320 g/mol. The Hall–Kier alpha value is -1.46. The molecule has 23 heavy (non-hydrogen) atoms. The van der Waals surface area contributed by atoms with Crippen molar-refractivity contribution in [1.29, 1.82) is 0 Å². The van der Waals surface area contributed by atoms with E-state index in [9.17, 15) is 9.18 Å². The van der Waals surface area contributed by atoms with Crippen molar-refractivity contribution in [2.75, 3.05) is 26.2 Å². The second kappa shape index (κ2) is 7.88. The van der Waals surface area contributed by atoms with Crippen LogP contribution in [-0.4, -0.2) is 43.2 Å². The van der Waals surface area contributed by atoms with Gasteiger partial charge in [0.2, 0.25) is 5.91 Å². The number of amides is 1. The second-order valence-corrected chi connectivity index (χ2v) is 6.58. The van der Waals surface area contributed by atoms with Gasteiger partial charge in [0, 0.05) is 26.2 Å². The standard InChI is InChI=1S/C18H25FN2O2/c19-16-6-1-4-14(10-16)12-21-8-2-5-15(13-21)18(22)20-11-17-7-3-9-23-17/h1,4,6,10,15,17H,2-3,5,7-9,11-13H2,(H,20,22)/t15-,17+/m1/s1. The fourth-order valence-electron chi connectivity index (χ4n) is 3.47. The van der Waals surface area contributed by atoms with Gasteiger partial charge >= 0.3 is 0 Å². The van der Waals surface area contributed by atoms with Gasteiger partial charge < -0.3 is 10.1 Å². The molecule has 1 amide bonds. The molecule has 2 saturated heterocycles. The molecule has 2 aliphatic heterocycles. The van der Waals surface area contributed by atoms with E-state index < -0.39 is 0 Å². The van der Waals surface area contributed by atoms with Crippen molar-refractivity contribution in [2.24, 2.45) is 5.92 Å². The van der Waals surface area contributed by atoms with E-state index in [0.29, 0.717) is 13.1 Å². The summed E-state index contributed by atoms with van der Waals surface area (Å²) in [6.07, 6.45) is 4.25. The molecule has 0 spiro atoms. The summed E-state index contributed by atoms with van der Waals surface area (Å²) in [7, 11) is 0. The van der Waals surface area contributed by atoms with Crippen LogP contribution in [0.5, 0.6) is 0 Å². The maximum absolute atomic E-state index is 13.3. The molecule has 2 fully saturated rings. The number of hydrogen-bond donors (Lipinski definition) is 1. The third kappa shape index (κ3) is 4.75. The number of halogens is 1. The number of ether oxygens (including phenoxy) is 1. The molecule has 126 valence electrons. The summed E-state index contributed by atoms with van der Waals surface area (Å²) < 4.78 is 18.8. The second-order valence-electron chi connectivity index (χ2n) is 6.58. The van der Waals surface area contributed by atoms with Crippen molar-refractivity contribution in [3.8, 4) is 0 Å². The molecule has 4 nitrogen and oxygen atoms in total. The largest absolute Gasteiger partial charge is 0.376 e. The molecule has 2 heterocycles. The lowest BCUT2D eigenvalue weighted by molar-refractivity contribution is -0.127. The molecule has 5 heteroatoms. The van der Waals surface area contributed by atoms with Crippen LogP contribution in [0.4, 0.5) is 4.39 Å². The first-order valence-corrected chi connectivity index (χ1v) is 8.57. The van der Waals surface area contributed by atoms with Crippen LogP contribution < -0.4 is 5.32 Å². The smallest absolute Gasteiger partial charge is 0.224 e. The number of nitrogens with one attached hydrogen (secondary N) is 1. The van der Waals surface area contributed by atoms with E-state index in [1.54, 1.807) is 12.1 Å². The number of carbonyl (C=O) groups excluding carboxylic acids is 1. The first-order chi connectivity index (χ1) is 11.2. The topological polar surface area (TPSA) is 41.6 Å². The van der Waals surface area contributed by atoms with E-state index in [1.165, 1.54) is 6.07 Å². The number of hydrogen-bond acceptors (Lipinski definition) is 3. The Morgan fingerprint density at radius 3 is 3.04 bits per heavy atom. The van der Waals surface area contributed by atoms with Gasteiger partial charge in [-0.25, -0.2) is 4.39 Å². The van der Waals surface area contributed by atoms with Crippen LogP contribution in [0.2, 0.25) is 0 Å². The Labute approximate surface area is 137 Å².